The largest absolute Gasteiger partial charge is 0.481 e. The summed E-state index contributed by atoms with van der Waals surface area (Å²) in [5, 5.41) is 20.5. The minimum absolute atomic E-state index is 0.00507. The van der Waals surface area contributed by atoms with Crippen LogP contribution in [-0.2, 0) is 14.4 Å². The molecule has 29 heavy (non-hydrogen) atoms. The molecule has 0 aromatic rings. The lowest BCUT2D eigenvalue weighted by atomic mass is 9.43. The van der Waals surface area contributed by atoms with Crippen molar-refractivity contribution in [3.63, 3.8) is 0 Å². The van der Waals surface area contributed by atoms with Gasteiger partial charge in [-0.05, 0) is 67.1 Å². The second-order valence-corrected chi connectivity index (χ2v) is 11.1. The molecule has 0 aromatic heterocycles. The summed E-state index contributed by atoms with van der Waals surface area (Å²) in [5.41, 5.74) is -0.343. The first kappa shape index (κ1) is 21.0. The van der Waals surface area contributed by atoms with Gasteiger partial charge in [0.15, 0.2) is 0 Å². The molecule has 9 atom stereocenters. The van der Waals surface area contributed by atoms with Gasteiger partial charge in [0.2, 0.25) is 0 Å². The number of hydrogen-bond acceptors (Lipinski definition) is 4. The highest BCUT2D eigenvalue weighted by molar-refractivity contribution is 5.86. The summed E-state index contributed by atoms with van der Waals surface area (Å²) < 4.78 is 0. The molecular formula is C24H36O5. The summed E-state index contributed by atoms with van der Waals surface area (Å²) in [6, 6.07) is 0. The maximum atomic E-state index is 13.3. The molecule has 0 bridgehead atoms. The van der Waals surface area contributed by atoms with Gasteiger partial charge in [0.25, 0.3) is 0 Å². The Kier molecular flexibility index (Phi) is 5.20. The van der Waals surface area contributed by atoms with E-state index in [9.17, 15) is 19.5 Å². The molecule has 0 heterocycles. The first-order chi connectivity index (χ1) is 13.6. The molecule has 0 amide bonds. The average Bonchev–Trinajstić information content (AvgIpc) is 3.01. The number of fused-ring (bicyclic) bond motifs is 5. The quantitative estimate of drug-likeness (QED) is 0.742. The van der Waals surface area contributed by atoms with Crippen LogP contribution in [0.15, 0.2) is 0 Å². The van der Waals surface area contributed by atoms with E-state index in [2.05, 4.69) is 20.8 Å². The molecule has 0 aliphatic heterocycles. The van der Waals surface area contributed by atoms with Crippen molar-refractivity contribution in [1.82, 2.24) is 0 Å². The molecule has 0 radical (unpaired) electrons. The predicted octanol–water partition coefficient (Wildman–Crippen LogP) is 3.87. The molecule has 0 spiro atoms. The minimum atomic E-state index is -0.769. The standard InChI is InChI=1S/C24H36O5/c1-13(4-7-21(28)29)16-5-6-17-22-18(12-20(27)24(16,17)3)23(2)9-8-15(25)10-14(23)11-19(22)26/h13-14,16-18,20,22,27H,4-12H2,1-3H3,(H,28,29)/t13-,14+,16-,17+,18+,20+,22+,23+,24-/m1/s1. The van der Waals surface area contributed by atoms with Crippen molar-refractivity contribution in [2.75, 3.05) is 0 Å². The third-order valence-electron chi connectivity index (χ3n) is 9.96. The molecule has 162 valence electrons. The van der Waals surface area contributed by atoms with Gasteiger partial charge in [0.1, 0.15) is 11.6 Å². The van der Waals surface area contributed by atoms with Gasteiger partial charge in [-0.3, -0.25) is 14.4 Å². The van der Waals surface area contributed by atoms with Crippen LogP contribution in [0.2, 0.25) is 0 Å². The number of carbonyl (C=O) groups is 3. The average molecular weight is 405 g/mol. The summed E-state index contributed by atoms with van der Waals surface area (Å²) in [7, 11) is 0. The van der Waals surface area contributed by atoms with Crippen molar-refractivity contribution in [2.24, 2.45) is 46.3 Å². The van der Waals surface area contributed by atoms with Crippen LogP contribution >= 0.6 is 0 Å². The zero-order valence-corrected chi connectivity index (χ0v) is 18.0. The zero-order chi connectivity index (χ0) is 21.1. The van der Waals surface area contributed by atoms with Gasteiger partial charge < -0.3 is 10.2 Å². The van der Waals surface area contributed by atoms with Gasteiger partial charge in [0, 0.05) is 37.0 Å². The Morgan fingerprint density at radius 2 is 1.90 bits per heavy atom. The van der Waals surface area contributed by atoms with Crippen LogP contribution in [0.4, 0.5) is 0 Å². The van der Waals surface area contributed by atoms with Gasteiger partial charge >= 0.3 is 5.97 Å². The number of rotatable bonds is 4. The summed E-state index contributed by atoms with van der Waals surface area (Å²) in [5.74, 6) is 0.793. The smallest absolute Gasteiger partial charge is 0.303 e. The number of ketones is 2. The van der Waals surface area contributed by atoms with E-state index >= 15 is 0 Å². The lowest BCUT2D eigenvalue weighted by Gasteiger charge is -2.61. The van der Waals surface area contributed by atoms with Crippen molar-refractivity contribution in [2.45, 2.75) is 84.7 Å². The van der Waals surface area contributed by atoms with Gasteiger partial charge in [-0.1, -0.05) is 20.8 Å². The number of aliphatic carboxylic acids is 1. The van der Waals surface area contributed by atoms with E-state index < -0.39 is 12.1 Å². The molecule has 4 rings (SSSR count). The molecular weight excluding hydrogens is 368 g/mol. The molecule has 5 heteroatoms. The van der Waals surface area contributed by atoms with E-state index in [0.717, 1.165) is 19.3 Å². The molecule has 4 aliphatic carbocycles. The predicted molar refractivity (Wildman–Crippen MR) is 108 cm³/mol. The third kappa shape index (κ3) is 3.10. The molecule has 5 nitrogen and oxygen atoms in total. The number of carboxylic acid groups (broad SMARTS) is 1. The van der Waals surface area contributed by atoms with Crippen LogP contribution in [0, 0.1) is 46.3 Å². The second-order valence-electron chi connectivity index (χ2n) is 11.1. The number of carboxylic acids is 1. The number of aliphatic hydroxyl groups is 1. The van der Waals surface area contributed by atoms with Gasteiger partial charge in [0.05, 0.1) is 6.10 Å². The van der Waals surface area contributed by atoms with Crippen molar-refractivity contribution in [1.29, 1.82) is 0 Å². The van der Waals surface area contributed by atoms with Crippen molar-refractivity contribution in [3.05, 3.63) is 0 Å². The van der Waals surface area contributed by atoms with Crippen LogP contribution in [-0.4, -0.2) is 33.9 Å². The lowest BCUT2D eigenvalue weighted by Crippen LogP contribution is -2.61. The minimum Gasteiger partial charge on any atom is -0.481 e. The van der Waals surface area contributed by atoms with E-state index in [0.29, 0.717) is 37.9 Å². The summed E-state index contributed by atoms with van der Waals surface area (Å²) in [6.07, 6.45) is 5.38. The van der Waals surface area contributed by atoms with E-state index in [-0.39, 0.29) is 58.5 Å². The highest BCUT2D eigenvalue weighted by atomic mass is 16.4. The Hall–Kier alpha value is -1.23. The topological polar surface area (TPSA) is 91.7 Å². The van der Waals surface area contributed by atoms with E-state index in [1.54, 1.807) is 0 Å². The summed E-state index contributed by atoms with van der Waals surface area (Å²) in [4.78, 5) is 36.4. The lowest BCUT2D eigenvalue weighted by molar-refractivity contribution is -0.178. The first-order valence-electron chi connectivity index (χ1n) is 11.5. The molecule has 4 aliphatic rings. The number of Topliss-reactive ketones (excluding diaryl/α,β-unsaturated/α-hetero) is 2. The Labute approximate surface area is 173 Å². The fourth-order valence-corrected chi connectivity index (χ4v) is 8.21. The van der Waals surface area contributed by atoms with Crippen LogP contribution in [0.3, 0.4) is 0 Å². The zero-order valence-electron chi connectivity index (χ0n) is 18.0. The maximum absolute atomic E-state index is 13.3. The first-order valence-corrected chi connectivity index (χ1v) is 11.5. The fourth-order valence-electron chi connectivity index (χ4n) is 8.21. The van der Waals surface area contributed by atoms with Crippen LogP contribution in [0.5, 0.6) is 0 Å². The third-order valence-corrected chi connectivity index (χ3v) is 9.96. The maximum Gasteiger partial charge on any atom is 0.303 e. The summed E-state index contributed by atoms with van der Waals surface area (Å²) >= 11 is 0. The second kappa shape index (κ2) is 7.18. The van der Waals surface area contributed by atoms with E-state index in [1.165, 1.54) is 0 Å². The fraction of sp³-hybridized carbons (Fsp3) is 0.875. The Morgan fingerprint density at radius 1 is 1.17 bits per heavy atom. The van der Waals surface area contributed by atoms with Crippen LogP contribution in [0.25, 0.3) is 0 Å². The monoisotopic (exact) mass is 404 g/mol. The highest BCUT2D eigenvalue weighted by Crippen LogP contribution is 2.67. The Balaban J connectivity index is 1.62. The van der Waals surface area contributed by atoms with Gasteiger partial charge in [-0.2, -0.15) is 0 Å². The molecule has 4 saturated carbocycles. The number of carbonyl (C=O) groups excluding carboxylic acids is 2. The van der Waals surface area contributed by atoms with E-state index in [1.807, 2.05) is 0 Å². The van der Waals surface area contributed by atoms with Crippen LogP contribution < -0.4 is 0 Å². The van der Waals surface area contributed by atoms with Gasteiger partial charge in [-0.15, -0.1) is 0 Å². The van der Waals surface area contributed by atoms with Crippen molar-refractivity contribution >= 4 is 17.5 Å². The van der Waals surface area contributed by atoms with Gasteiger partial charge in [-0.25, -0.2) is 0 Å². The van der Waals surface area contributed by atoms with Crippen LogP contribution in [0.1, 0.15) is 78.6 Å². The molecule has 2 N–H and O–H groups in total. The SMILES string of the molecule is C[C@H](CCC(=O)O)[C@H]1CC[C@H]2[C@@H]3C(=O)C[C@@H]4CC(=O)CC[C@]4(C)[C@H]3C[C@H](O)[C@]12C. The van der Waals surface area contributed by atoms with Crippen molar-refractivity contribution in [3.8, 4) is 0 Å². The number of aliphatic hydroxyl groups excluding tert-OH is 1. The normalized spacial score (nSPS) is 47.9. The molecule has 0 unspecified atom stereocenters. The Morgan fingerprint density at radius 3 is 2.59 bits per heavy atom. The Bertz CT molecular complexity index is 716. The summed E-state index contributed by atoms with van der Waals surface area (Å²) in [6.45, 7) is 6.55. The highest BCUT2D eigenvalue weighted by Gasteiger charge is 2.65. The van der Waals surface area contributed by atoms with Crippen molar-refractivity contribution < 1.29 is 24.6 Å². The molecule has 4 fully saturated rings. The molecule has 0 saturated heterocycles. The van der Waals surface area contributed by atoms with E-state index in [4.69, 9.17) is 5.11 Å². The molecule has 0 aromatic carbocycles. The number of hydrogen-bond donors (Lipinski definition) is 2.